The summed E-state index contributed by atoms with van der Waals surface area (Å²) in [6.07, 6.45) is 4.66. The zero-order valence-electron chi connectivity index (χ0n) is 8.90. The summed E-state index contributed by atoms with van der Waals surface area (Å²) in [5, 5.41) is 0. The lowest BCUT2D eigenvalue weighted by Gasteiger charge is -2.14. The van der Waals surface area contributed by atoms with Crippen molar-refractivity contribution in [2.45, 2.75) is 18.9 Å². The topological polar surface area (TPSA) is 9.23 Å². The third kappa shape index (κ3) is 4.16. The van der Waals surface area contributed by atoms with E-state index in [9.17, 15) is 0 Å². The molecule has 0 bridgehead atoms. The lowest BCUT2D eigenvalue weighted by atomic mass is 10.1. The molecule has 1 unspecified atom stereocenters. The van der Waals surface area contributed by atoms with Crippen LogP contribution in [-0.4, -0.2) is 25.2 Å². The molecule has 0 aromatic heterocycles. The molecule has 1 rings (SSSR count). The Morgan fingerprint density at radius 1 is 1.29 bits per heavy atom. The molecule has 1 aromatic carbocycles. The SMILES string of the molecule is COC(CCSC)Cc1ccccc1. The average Bonchev–Trinajstić information content (AvgIpc) is 2.25. The van der Waals surface area contributed by atoms with E-state index >= 15 is 0 Å². The van der Waals surface area contributed by atoms with Gasteiger partial charge in [-0.05, 0) is 30.4 Å². The van der Waals surface area contributed by atoms with Gasteiger partial charge in [-0.1, -0.05) is 30.3 Å². The van der Waals surface area contributed by atoms with Crippen molar-refractivity contribution in [2.24, 2.45) is 0 Å². The van der Waals surface area contributed by atoms with Gasteiger partial charge in [-0.3, -0.25) is 0 Å². The lowest BCUT2D eigenvalue weighted by molar-refractivity contribution is 0.101. The predicted molar refractivity (Wildman–Crippen MR) is 63.9 cm³/mol. The number of hydrogen-bond donors (Lipinski definition) is 0. The zero-order valence-corrected chi connectivity index (χ0v) is 9.72. The molecule has 78 valence electrons. The summed E-state index contributed by atoms with van der Waals surface area (Å²) in [6, 6.07) is 10.5. The standard InChI is InChI=1S/C12H18OS/c1-13-12(8-9-14-2)10-11-6-4-3-5-7-11/h3-7,12H,8-10H2,1-2H3. The van der Waals surface area contributed by atoms with Gasteiger partial charge in [0.2, 0.25) is 0 Å². The molecule has 0 aliphatic carbocycles. The Morgan fingerprint density at radius 2 is 2.00 bits per heavy atom. The number of thioether (sulfide) groups is 1. The second kappa shape index (κ2) is 6.91. The van der Waals surface area contributed by atoms with Gasteiger partial charge in [-0.2, -0.15) is 11.8 Å². The van der Waals surface area contributed by atoms with E-state index in [4.69, 9.17) is 4.74 Å². The van der Waals surface area contributed by atoms with Crippen LogP contribution in [0.15, 0.2) is 30.3 Å². The minimum absolute atomic E-state index is 0.366. The molecule has 0 aliphatic heterocycles. The molecule has 0 amide bonds. The van der Waals surface area contributed by atoms with Crippen LogP contribution in [0.25, 0.3) is 0 Å². The third-order valence-corrected chi connectivity index (χ3v) is 2.93. The van der Waals surface area contributed by atoms with Crippen molar-refractivity contribution in [3.8, 4) is 0 Å². The van der Waals surface area contributed by atoms with Gasteiger partial charge >= 0.3 is 0 Å². The monoisotopic (exact) mass is 210 g/mol. The summed E-state index contributed by atoms with van der Waals surface area (Å²) in [5.41, 5.74) is 1.36. The number of benzene rings is 1. The summed E-state index contributed by atoms with van der Waals surface area (Å²) in [4.78, 5) is 0. The second-order valence-electron chi connectivity index (χ2n) is 3.33. The molecule has 0 heterocycles. The molecule has 0 spiro atoms. The molecular weight excluding hydrogens is 192 g/mol. The van der Waals surface area contributed by atoms with Gasteiger partial charge in [0.1, 0.15) is 0 Å². The number of methoxy groups -OCH3 is 1. The minimum atomic E-state index is 0.366. The maximum absolute atomic E-state index is 5.44. The van der Waals surface area contributed by atoms with Crippen molar-refractivity contribution in [3.63, 3.8) is 0 Å². The van der Waals surface area contributed by atoms with E-state index < -0.39 is 0 Å². The predicted octanol–water partition coefficient (Wildman–Crippen LogP) is 3.00. The quantitative estimate of drug-likeness (QED) is 0.714. The first kappa shape index (κ1) is 11.6. The number of ether oxygens (including phenoxy) is 1. The first-order valence-electron chi connectivity index (χ1n) is 4.92. The summed E-state index contributed by atoms with van der Waals surface area (Å²) >= 11 is 1.88. The van der Waals surface area contributed by atoms with E-state index in [2.05, 4.69) is 30.5 Å². The highest BCUT2D eigenvalue weighted by Crippen LogP contribution is 2.10. The molecule has 1 nitrogen and oxygen atoms in total. The van der Waals surface area contributed by atoms with Crippen LogP contribution in [0.5, 0.6) is 0 Å². The fraction of sp³-hybridized carbons (Fsp3) is 0.500. The lowest BCUT2D eigenvalue weighted by Crippen LogP contribution is -2.14. The van der Waals surface area contributed by atoms with Gasteiger partial charge in [0.15, 0.2) is 0 Å². The van der Waals surface area contributed by atoms with E-state index in [0.29, 0.717) is 6.10 Å². The highest BCUT2D eigenvalue weighted by Gasteiger charge is 2.07. The van der Waals surface area contributed by atoms with E-state index in [0.717, 1.165) is 12.8 Å². The van der Waals surface area contributed by atoms with Gasteiger partial charge in [-0.25, -0.2) is 0 Å². The molecule has 0 radical (unpaired) electrons. The Labute approximate surface area is 90.9 Å². The van der Waals surface area contributed by atoms with Gasteiger partial charge < -0.3 is 4.74 Å². The maximum Gasteiger partial charge on any atom is 0.0619 e. The third-order valence-electron chi connectivity index (χ3n) is 2.28. The van der Waals surface area contributed by atoms with Crippen LogP contribution in [0.3, 0.4) is 0 Å². The molecule has 1 aromatic rings. The highest BCUT2D eigenvalue weighted by molar-refractivity contribution is 7.98. The molecule has 1 atom stereocenters. The minimum Gasteiger partial charge on any atom is -0.381 e. The zero-order chi connectivity index (χ0) is 10.2. The van der Waals surface area contributed by atoms with Gasteiger partial charge in [0.05, 0.1) is 6.10 Å². The maximum atomic E-state index is 5.44. The van der Waals surface area contributed by atoms with Crippen LogP contribution in [0.1, 0.15) is 12.0 Å². The van der Waals surface area contributed by atoms with E-state index in [1.165, 1.54) is 11.3 Å². The fourth-order valence-electron chi connectivity index (χ4n) is 1.43. The van der Waals surface area contributed by atoms with Gasteiger partial charge in [-0.15, -0.1) is 0 Å². The van der Waals surface area contributed by atoms with Crippen LogP contribution < -0.4 is 0 Å². The van der Waals surface area contributed by atoms with E-state index in [1.807, 2.05) is 17.8 Å². The first-order chi connectivity index (χ1) is 6.86. The van der Waals surface area contributed by atoms with E-state index in [-0.39, 0.29) is 0 Å². The Morgan fingerprint density at radius 3 is 2.57 bits per heavy atom. The molecule has 2 heteroatoms. The second-order valence-corrected chi connectivity index (χ2v) is 4.31. The van der Waals surface area contributed by atoms with Crippen LogP contribution in [0.4, 0.5) is 0 Å². The average molecular weight is 210 g/mol. The Hall–Kier alpha value is -0.470. The van der Waals surface area contributed by atoms with Gasteiger partial charge in [0.25, 0.3) is 0 Å². The molecule has 14 heavy (non-hydrogen) atoms. The summed E-state index contributed by atoms with van der Waals surface area (Å²) in [5.74, 6) is 1.17. The number of hydrogen-bond acceptors (Lipinski definition) is 2. The molecule has 0 aliphatic rings. The largest absolute Gasteiger partial charge is 0.381 e. The van der Waals surface area contributed by atoms with Crippen LogP contribution in [0, 0.1) is 0 Å². The van der Waals surface area contributed by atoms with Crippen LogP contribution in [-0.2, 0) is 11.2 Å². The highest BCUT2D eigenvalue weighted by atomic mass is 32.2. The fourth-order valence-corrected chi connectivity index (χ4v) is 1.93. The van der Waals surface area contributed by atoms with Crippen molar-refractivity contribution in [2.75, 3.05) is 19.1 Å². The number of rotatable bonds is 6. The Balaban J connectivity index is 2.40. The first-order valence-corrected chi connectivity index (χ1v) is 6.32. The Kier molecular flexibility index (Phi) is 5.72. The van der Waals surface area contributed by atoms with Gasteiger partial charge in [0, 0.05) is 7.11 Å². The van der Waals surface area contributed by atoms with Crippen LogP contribution in [0.2, 0.25) is 0 Å². The molecule has 0 saturated carbocycles. The Bertz CT molecular complexity index is 235. The molecule has 0 fully saturated rings. The molecule has 0 N–H and O–H groups in total. The van der Waals surface area contributed by atoms with E-state index in [1.54, 1.807) is 7.11 Å². The van der Waals surface area contributed by atoms with Crippen molar-refractivity contribution in [1.82, 2.24) is 0 Å². The van der Waals surface area contributed by atoms with Crippen molar-refractivity contribution in [3.05, 3.63) is 35.9 Å². The summed E-state index contributed by atoms with van der Waals surface area (Å²) < 4.78 is 5.44. The molecular formula is C12H18OS. The smallest absolute Gasteiger partial charge is 0.0619 e. The summed E-state index contributed by atoms with van der Waals surface area (Å²) in [6.45, 7) is 0. The van der Waals surface area contributed by atoms with Crippen molar-refractivity contribution in [1.29, 1.82) is 0 Å². The summed E-state index contributed by atoms with van der Waals surface area (Å²) in [7, 11) is 1.80. The van der Waals surface area contributed by atoms with Crippen molar-refractivity contribution < 1.29 is 4.74 Å². The normalized spacial score (nSPS) is 12.7. The molecule has 0 saturated heterocycles. The van der Waals surface area contributed by atoms with Crippen molar-refractivity contribution >= 4 is 11.8 Å². The van der Waals surface area contributed by atoms with Crippen LogP contribution >= 0.6 is 11.8 Å².